The standard InChI is InChI=1S/C14H18N2O5/c1-2-21-12(17)9-15-14(20)16-11(13(18)19)8-10-6-4-3-5-7-10/h3-7,11H,2,8-9H2,1H3,(H,18,19)(H2,15,16,20)/t11-/m0/s1. The summed E-state index contributed by atoms with van der Waals surface area (Å²) in [6.45, 7) is 1.56. The van der Waals surface area contributed by atoms with Crippen molar-refractivity contribution in [3.05, 3.63) is 35.9 Å². The Labute approximate surface area is 122 Å². The average molecular weight is 294 g/mol. The minimum absolute atomic E-state index is 0.156. The van der Waals surface area contributed by atoms with Crippen LogP contribution in [0.25, 0.3) is 0 Å². The zero-order chi connectivity index (χ0) is 15.7. The van der Waals surface area contributed by atoms with E-state index in [9.17, 15) is 14.4 Å². The van der Waals surface area contributed by atoms with E-state index in [4.69, 9.17) is 5.11 Å². The second-order valence-corrected chi connectivity index (χ2v) is 4.21. The number of carboxylic acids is 1. The van der Waals surface area contributed by atoms with Gasteiger partial charge in [0.1, 0.15) is 12.6 Å². The van der Waals surface area contributed by atoms with Crippen LogP contribution >= 0.6 is 0 Å². The molecule has 0 bridgehead atoms. The van der Waals surface area contributed by atoms with Crippen LogP contribution in [0.15, 0.2) is 30.3 Å². The van der Waals surface area contributed by atoms with Crippen molar-refractivity contribution in [2.45, 2.75) is 19.4 Å². The van der Waals surface area contributed by atoms with Crippen LogP contribution in [0.5, 0.6) is 0 Å². The van der Waals surface area contributed by atoms with Gasteiger partial charge in [0.2, 0.25) is 0 Å². The highest BCUT2D eigenvalue weighted by Gasteiger charge is 2.20. The summed E-state index contributed by atoms with van der Waals surface area (Å²) >= 11 is 0. The number of hydrogen-bond donors (Lipinski definition) is 3. The van der Waals surface area contributed by atoms with Gasteiger partial charge < -0.3 is 20.5 Å². The van der Waals surface area contributed by atoms with Crippen LogP contribution in [-0.2, 0) is 20.7 Å². The Morgan fingerprint density at radius 1 is 1.24 bits per heavy atom. The first-order valence-electron chi connectivity index (χ1n) is 6.49. The Hall–Kier alpha value is -2.57. The lowest BCUT2D eigenvalue weighted by Gasteiger charge is -2.15. The van der Waals surface area contributed by atoms with Crippen molar-refractivity contribution in [1.29, 1.82) is 0 Å². The minimum atomic E-state index is -1.15. The zero-order valence-corrected chi connectivity index (χ0v) is 11.7. The van der Waals surface area contributed by atoms with Crippen molar-refractivity contribution in [3.8, 4) is 0 Å². The van der Waals surface area contributed by atoms with Crippen molar-refractivity contribution in [1.82, 2.24) is 10.6 Å². The van der Waals surface area contributed by atoms with E-state index >= 15 is 0 Å². The van der Waals surface area contributed by atoms with Gasteiger partial charge in [0.05, 0.1) is 6.61 Å². The molecule has 0 aliphatic carbocycles. The number of nitrogens with one attached hydrogen (secondary N) is 2. The fraction of sp³-hybridized carbons (Fsp3) is 0.357. The third-order valence-electron chi connectivity index (χ3n) is 2.58. The highest BCUT2D eigenvalue weighted by atomic mass is 16.5. The predicted molar refractivity (Wildman–Crippen MR) is 74.7 cm³/mol. The molecule has 0 saturated heterocycles. The van der Waals surface area contributed by atoms with Crippen LogP contribution in [0.1, 0.15) is 12.5 Å². The molecule has 114 valence electrons. The maximum Gasteiger partial charge on any atom is 0.326 e. The number of aliphatic carboxylic acids is 1. The number of carboxylic acid groups (broad SMARTS) is 1. The van der Waals surface area contributed by atoms with E-state index in [1.54, 1.807) is 31.2 Å². The van der Waals surface area contributed by atoms with Crippen LogP contribution in [0.4, 0.5) is 4.79 Å². The van der Waals surface area contributed by atoms with Gasteiger partial charge in [-0.15, -0.1) is 0 Å². The molecule has 0 aliphatic heterocycles. The molecule has 0 aromatic heterocycles. The van der Waals surface area contributed by atoms with Crippen LogP contribution < -0.4 is 10.6 Å². The monoisotopic (exact) mass is 294 g/mol. The summed E-state index contributed by atoms with van der Waals surface area (Å²) in [7, 11) is 0. The number of carbonyl (C=O) groups is 3. The molecule has 0 radical (unpaired) electrons. The van der Waals surface area contributed by atoms with E-state index in [-0.39, 0.29) is 19.6 Å². The number of urea groups is 1. The minimum Gasteiger partial charge on any atom is -0.480 e. The number of amides is 2. The topological polar surface area (TPSA) is 105 Å². The summed E-state index contributed by atoms with van der Waals surface area (Å²) in [5, 5.41) is 13.7. The molecule has 0 fully saturated rings. The largest absolute Gasteiger partial charge is 0.480 e. The van der Waals surface area contributed by atoms with Crippen molar-refractivity contribution in [3.63, 3.8) is 0 Å². The summed E-state index contributed by atoms with van der Waals surface area (Å²) in [6, 6.07) is 7.13. The zero-order valence-electron chi connectivity index (χ0n) is 11.7. The van der Waals surface area contributed by atoms with E-state index in [0.29, 0.717) is 0 Å². The highest BCUT2D eigenvalue weighted by molar-refractivity contribution is 5.85. The van der Waals surface area contributed by atoms with Gasteiger partial charge in [0.25, 0.3) is 0 Å². The average Bonchev–Trinajstić information content (AvgIpc) is 2.46. The molecular formula is C14H18N2O5. The Morgan fingerprint density at radius 2 is 1.90 bits per heavy atom. The third kappa shape index (κ3) is 6.42. The molecule has 2 amide bonds. The maximum absolute atomic E-state index is 11.6. The molecule has 7 heteroatoms. The second kappa shape index (κ2) is 8.57. The first kappa shape index (κ1) is 16.5. The fourth-order valence-electron chi connectivity index (χ4n) is 1.62. The Morgan fingerprint density at radius 3 is 2.48 bits per heavy atom. The van der Waals surface area contributed by atoms with Crippen molar-refractivity contribution in [2.75, 3.05) is 13.2 Å². The molecule has 0 saturated carbocycles. The molecular weight excluding hydrogens is 276 g/mol. The lowest BCUT2D eigenvalue weighted by Crippen LogP contribution is -2.48. The SMILES string of the molecule is CCOC(=O)CNC(=O)N[C@@H](Cc1ccccc1)C(=O)O. The quantitative estimate of drug-likeness (QED) is 0.637. The summed E-state index contributed by atoms with van der Waals surface area (Å²) in [5.74, 6) is -1.73. The van der Waals surface area contributed by atoms with Crippen LogP contribution in [0.3, 0.4) is 0 Å². The summed E-state index contributed by atoms with van der Waals surface area (Å²) in [4.78, 5) is 33.8. The van der Waals surface area contributed by atoms with E-state index in [1.165, 1.54) is 0 Å². The van der Waals surface area contributed by atoms with Gasteiger partial charge in [-0.25, -0.2) is 9.59 Å². The van der Waals surface area contributed by atoms with Crippen LogP contribution in [-0.4, -0.2) is 42.3 Å². The number of carbonyl (C=O) groups excluding carboxylic acids is 2. The molecule has 21 heavy (non-hydrogen) atoms. The summed E-state index contributed by atoms with van der Waals surface area (Å²) < 4.78 is 4.64. The van der Waals surface area contributed by atoms with Crippen molar-refractivity contribution in [2.24, 2.45) is 0 Å². The van der Waals surface area contributed by atoms with Gasteiger partial charge in [-0.2, -0.15) is 0 Å². The lowest BCUT2D eigenvalue weighted by atomic mass is 10.1. The van der Waals surface area contributed by atoms with Gasteiger partial charge in [0.15, 0.2) is 0 Å². The number of hydrogen-bond acceptors (Lipinski definition) is 4. The lowest BCUT2D eigenvalue weighted by molar-refractivity contribution is -0.141. The molecule has 1 atom stereocenters. The molecule has 1 aromatic rings. The molecule has 1 rings (SSSR count). The molecule has 0 spiro atoms. The van der Waals surface area contributed by atoms with Gasteiger partial charge in [0, 0.05) is 6.42 Å². The molecule has 0 heterocycles. The van der Waals surface area contributed by atoms with E-state index in [0.717, 1.165) is 5.56 Å². The van der Waals surface area contributed by atoms with Crippen LogP contribution in [0, 0.1) is 0 Å². The summed E-state index contributed by atoms with van der Waals surface area (Å²) in [6.07, 6.45) is 0.156. The van der Waals surface area contributed by atoms with E-state index in [2.05, 4.69) is 15.4 Å². The predicted octanol–water partition coefficient (Wildman–Crippen LogP) is 0.545. The van der Waals surface area contributed by atoms with E-state index in [1.807, 2.05) is 6.07 Å². The summed E-state index contributed by atoms with van der Waals surface area (Å²) in [5.41, 5.74) is 0.788. The van der Waals surface area contributed by atoms with Gasteiger partial charge >= 0.3 is 18.0 Å². The van der Waals surface area contributed by atoms with Crippen molar-refractivity contribution < 1.29 is 24.2 Å². The van der Waals surface area contributed by atoms with Crippen LogP contribution in [0.2, 0.25) is 0 Å². The van der Waals surface area contributed by atoms with Gasteiger partial charge in [-0.05, 0) is 12.5 Å². The maximum atomic E-state index is 11.6. The smallest absolute Gasteiger partial charge is 0.326 e. The van der Waals surface area contributed by atoms with E-state index < -0.39 is 24.0 Å². The first-order chi connectivity index (χ1) is 10.0. The Balaban J connectivity index is 2.49. The molecule has 3 N–H and O–H groups in total. The van der Waals surface area contributed by atoms with Gasteiger partial charge in [-0.1, -0.05) is 30.3 Å². The normalized spacial score (nSPS) is 11.3. The first-order valence-corrected chi connectivity index (χ1v) is 6.49. The second-order valence-electron chi connectivity index (χ2n) is 4.21. The highest BCUT2D eigenvalue weighted by Crippen LogP contribution is 2.03. The number of benzene rings is 1. The Kier molecular flexibility index (Phi) is 6.73. The fourth-order valence-corrected chi connectivity index (χ4v) is 1.62. The Bertz CT molecular complexity index is 489. The molecule has 1 aromatic carbocycles. The molecule has 0 unspecified atom stereocenters. The molecule has 0 aliphatic rings. The van der Waals surface area contributed by atoms with Crippen molar-refractivity contribution >= 4 is 18.0 Å². The number of ether oxygens (including phenoxy) is 1. The third-order valence-corrected chi connectivity index (χ3v) is 2.58. The number of esters is 1. The number of rotatable bonds is 7. The van der Waals surface area contributed by atoms with Gasteiger partial charge in [-0.3, -0.25) is 4.79 Å². The molecule has 7 nitrogen and oxygen atoms in total.